The summed E-state index contributed by atoms with van der Waals surface area (Å²) in [5, 5.41) is 2.20. The zero-order chi connectivity index (χ0) is 12.1. The smallest absolute Gasteiger partial charge is 0.0657 e. The van der Waals surface area contributed by atoms with Crippen molar-refractivity contribution < 1.29 is 4.84 Å². The van der Waals surface area contributed by atoms with Gasteiger partial charge in [-0.1, -0.05) is 13.8 Å². The largest absolute Gasteiger partial charge is 0.298 e. The van der Waals surface area contributed by atoms with Crippen LogP contribution in [0.15, 0.2) is 0 Å². The standard InChI is InChI=1S/C11H23NO.C2H6/c1-6-13-12-10(2,3)8-7-9-11(12,4)5;1-2/h6-9H2,1-5H3;1-2H3. The van der Waals surface area contributed by atoms with Crippen molar-refractivity contribution in [1.82, 2.24) is 5.06 Å². The highest BCUT2D eigenvalue weighted by atomic mass is 16.7. The Morgan fingerprint density at radius 3 is 1.73 bits per heavy atom. The van der Waals surface area contributed by atoms with Crippen LogP contribution in [-0.4, -0.2) is 22.7 Å². The molecule has 0 aromatic heterocycles. The van der Waals surface area contributed by atoms with Crippen LogP contribution in [0.25, 0.3) is 0 Å². The Kier molecular flexibility index (Phi) is 5.82. The van der Waals surface area contributed by atoms with E-state index in [2.05, 4.69) is 39.7 Å². The van der Waals surface area contributed by atoms with Crippen molar-refractivity contribution in [2.75, 3.05) is 6.61 Å². The van der Waals surface area contributed by atoms with E-state index in [1.807, 2.05) is 13.8 Å². The molecule has 0 atom stereocenters. The SMILES string of the molecule is CC.CCON1C(C)(C)CCCC1(C)C. The summed E-state index contributed by atoms with van der Waals surface area (Å²) in [6, 6.07) is 0. The molecule has 0 radical (unpaired) electrons. The van der Waals surface area contributed by atoms with Crippen molar-refractivity contribution in [3.05, 3.63) is 0 Å². The van der Waals surface area contributed by atoms with Gasteiger partial charge in [-0.25, -0.2) is 0 Å². The van der Waals surface area contributed by atoms with Gasteiger partial charge in [-0.15, -0.1) is 0 Å². The fraction of sp³-hybridized carbons (Fsp3) is 1.00. The average Bonchev–Trinajstić information content (AvgIpc) is 2.14. The number of rotatable bonds is 2. The Morgan fingerprint density at radius 1 is 1.00 bits per heavy atom. The Labute approximate surface area is 95.9 Å². The monoisotopic (exact) mass is 215 g/mol. The van der Waals surface area contributed by atoms with Crippen LogP contribution in [0.1, 0.15) is 67.7 Å². The Bertz CT molecular complexity index is 159. The maximum Gasteiger partial charge on any atom is 0.0657 e. The summed E-state index contributed by atoms with van der Waals surface area (Å²) in [5.74, 6) is 0. The number of hydrogen-bond donors (Lipinski definition) is 0. The second-order valence-corrected chi connectivity index (χ2v) is 5.19. The third-order valence-corrected chi connectivity index (χ3v) is 2.93. The van der Waals surface area contributed by atoms with Crippen LogP contribution < -0.4 is 0 Å². The van der Waals surface area contributed by atoms with Crippen molar-refractivity contribution in [1.29, 1.82) is 0 Å². The van der Waals surface area contributed by atoms with Gasteiger partial charge in [-0.05, 0) is 53.9 Å². The fourth-order valence-electron chi connectivity index (χ4n) is 2.45. The highest BCUT2D eigenvalue weighted by Gasteiger charge is 2.42. The van der Waals surface area contributed by atoms with E-state index in [4.69, 9.17) is 4.84 Å². The van der Waals surface area contributed by atoms with E-state index in [1.54, 1.807) is 0 Å². The summed E-state index contributed by atoms with van der Waals surface area (Å²) in [4.78, 5) is 5.75. The first-order valence-electron chi connectivity index (χ1n) is 6.33. The van der Waals surface area contributed by atoms with Gasteiger partial charge in [0.2, 0.25) is 0 Å². The summed E-state index contributed by atoms with van der Waals surface area (Å²) in [6.07, 6.45) is 3.77. The van der Waals surface area contributed by atoms with Crippen LogP contribution in [0.3, 0.4) is 0 Å². The molecule has 2 nitrogen and oxygen atoms in total. The molecule has 0 aliphatic carbocycles. The molecule has 15 heavy (non-hydrogen) atoms. The number of nitrogens with zero attached hydrogens (tertiary/aromatic N) is 1. The summed E-state index contributed by atoms with van der Waals surface area (Å²) in [7, 11) is 0. The minimum atomic E-state index is 0.192. The Balaban J connectivity index is 0.000000921. The lowest BCUT2D eigenvalue weighted by atomic mass is 9.82. The Morgan fingerprint density at radius 2 is 1.40 bits per heavy atom. The van der Waals surface area contributed by atoms with Gasteiger partial charge in [0.05, 0.1) is 6.61 Å². The molecule has 1 heterocycles. The van der Waals surface area contributed by atoms with Crippen LogP contribution in [0.5, 0.6) is 0 Å². The van der Waals surface area contributed by atoms with Crippen LogP contribution in [0.4, 0.5) is 0 Å². The highest BCUT2D eigenvalue weighted by Crippen LogP contribution is 2.38. The topological polar surface area (TPSA) is 12.5 Å². The molecule has 1 fully saturated rings. The second kappa shape index (κ2) is 5.86. The molecule has 1 aliphatic rings. The summed E-state index contributed by atoms with van der Waals surface area (Å²) < 4.78 is 0. The third-order valence-electron chi connectivity index (χ3n) is 2.93. The molecule has 0 saturated carbocycles. The highest BCUT2D eigenvalue weighted by molar-refractivity contribution is 4.92. The van der Waals surface area contributed by atoms with Gasteiger partial charge in [0.15, 0.2) is 0 Å². The van der Waals surface area contributed by atoms with Gasteiger partial charge in [-0.3, -0.25) is 4.84 Å². The minimum absolute atomic E-state index is 0.192. The van der Waals surface area contributed by atoms with Gasteiger partial charge in [-0.2, -0.15) is 5.06 Å². The lowest BCUT2D eigenvalue weighted by molar-refractivity contribution is -0.278. The maximum atomic E-state index is 5.75. The van der Waals surface area contributed by atoms with Gasteiger partial charge in [0.1, 0.15) is 0 Å². The lowest BCUT2D eigenvalue weighted by Crippen LogP contribution is -2.58. The predicted molar refractivity (Wildman–Crippen MR) is 66.8 cm³/mol. The summed E-state index contributed by atoms with van der Waals surface area (Å²) in [6.45, 7) is 15.9. The molecule has 1 aliphatic heterocycles. The maximum absolute atomic E-state index is 5.75. The van der Waals surface area contributed by atoms with Crippen molar-refractivity contribution in [2.45, 2.75) is 78.8 Å². The quantitative estimate of drug-likeness (QED) is 0.690. The average molecular weight is 215 g/mol. The van der Waals surface area contributed by atoms with Crippen molar-refractivity contribution in [3.8, 4) is 0 Å². The number of hydrogen-bond acceptors (Lipinski definition) is 2. The molecular weight excluding hydrogens is 186 g/mol. The molecule has 0 aromatic carbocycles. The molecule has 92 valence electrons. The van der Waals surface area contributed by atoms with E-state index in [0.717, 1.165) is 6.61 Å². The lowest BCUT2D eigenvalue weighted by Gasteiger charge is -2.51. The Hall–Kier alpha value is -0.0800. The van der Waals surface area contributed by atoms with Crippen LogP contribution in [0.2, 0.25) is 0 Å². The van der Waals surface area contributed by atoms with Gasteiger partial charge >= 0.3 is 0 Å². The zero-order valence-electron chi connectivity index (χ0n) is 11.7. The molecule has 1 rings (SSSR count). The van der Waals surface area contributed by atoms with E-state index >= 15 is 0 Å². The van der Waals surface area contributed by atoms with Gasteiger partial charge < -0.3 is 0 Å². The molecule has 2 heteroatoms. The van der Waals surface area contributed by atoms with E-state index in [0.29, 0.717) is 0 Å². The summed E-state index contributed by atoms with van der Waals surface area (Å²) in [5.41, 5.74) is 0.384. The zero-order valence-corrected chi connectivity index (χ0v) is 11.7. The van der Waals surface area contributed by atoms with Crippen molar-refractivity contribution in [3.63, 3.8) is 0 Å². The fourth-order valence-corrected chi connectivity index (χ4v) is 2.45. The molecule has 0 bridgehead atoms. The number of piperidine rings is 1. The number of hydroxylamine groups is 2. The van der Waals surface area contributed by atoms with E-state index in [-0.39, 0.29) is 11.1 Å². The summed E-state index contributed by atoms with van der Waals surface area (Å²) >= 11 is 0. The molecule has 0 N–H and O–H groups in total. The molecule has 0 unspecified atom stereocenters. The first-order valence-corrected chi connectivity index (χ1v) is 6.33. The van der Waals surface area contributed by atoms with Gasteiger partial charge in [0, 0.05) is 11.1 Å². The molecule has 0 spiro atoms. The van der Waals surface area contributed by atoms with Crippen molar-refractivity contribution >= 4 is 0 Å². The first kappa shape index (κ1) is 14.9. The first-order chi connectivity index (χ1) is 6.90. The van der Waals surface area contributed by atoms with Gasteiger partial charge in [0.25, 0.3) is 0 Å². The van der Waals surface area contributed by atoms with Crippen LogP contribution >= 0.6 is 0 Å². The van der Waals surface area contributed by atoms with E-state index in [9.17, 15) is 0 Å². The van der Waals surface area contributed by atoms with Crippen molar-refractivity contribution in [2.24, 2.45) is 0 Å². The normalized spacial score (nSPS) is 24.2. The molecule has 0 aromatic rings. The van der Waals surface area contributed by atoms with E-state index in [1.165, 1.54) is 19.3 Å². The third kappa shape index (κ3) is 3.76. The van der Waals surface area contributed by atoms with E-state index < -0.39 is 0 Å². The second-order valence-electron chi connectivity index (χ2n) is 5.19. The molecule has 1 saturated heterocycles. The van der Waals surface area contributed by atoms with Crippen LogP contribution in [0, 0.1) is 0 Å². The predicted octanol–water partition coefficient (Wildman–Crippen LogP) is 4.01. The molecular formula is C13H29NO. The van der Waals surface area contributed by atoms with Crippen LogP contribution in [-0.2, 0) is 4.84 Å². The minimum Gasteiger partial charge on any atom is -0.298 e. The molecule has 0 amide bonds.